The predicted molar refractivity (Wildman–Crippen MR) is 207 cm³/mol. The van der Waals surface area contributed by atoms with E-state index in [1.165, 1.54) is 96.3 Å². The molecule has 0 aliphatic heterocycles. The molecule has 0 aromatic heterocycles. The zero-order chi connectivity index (χ0) is 36.8. The van der Waals surface area contributed by atoms with Gasteiger partial charge < -0.3 is 19.3 Å². The molecule has 0 aromatic rings. The zero-order valence-electron chi connectivity index (χ0n) is 31.8. The Morgan fingerprint density at radius 2 is 0.940 bits per heavy atom. The Labute approximate surface area is 305 Å². The summed E-state index contributed by atoms with van der Waals surface area (Å²) >= 11 is 0. The Bertz CT molecular complexity index is 952. The Morgan fingerprint density at radius 3 is 1.48 bits per heavy atom. The van der Waals surface area contributed by atoms with Gasteiger partial charge in [-0.1, -0.05) is 152 Å². The van der Waals surface area contributed by atoms with E-state index in [4.69, 9.17) is 19.3 Å². The van der Waals surface area contributed by atoms with Crippen LogP contribution in [0.4, 0.5) is 0 Å². The highest BCUT2D eigenvalue weighted by Gasteiger charge is 2.22. The van der Waals surface area contributed by atoms with E-state index in [9.17, 15) is 14.2 Å². The van der Waals surface area contributed by atoms with Gasteiger partial charge in [-0.25, -0.2) is 4.57 Å². The maximum absolute atomic E-state index is 12.4. The standard InChI is InChI=1S/C41H73O8P/c1-3-5-7-9-11-13-15-17-19-20-22-24-26-28-30-32-34-36-41(43)49-39(38-48-50(44,45)46)37-47-40(42)35-33-31-29-27-25-23-21-18-16-14-12-10-8-6-4-2/h10,12,17,19,22,24,28,30,39H,3-9,11,13-16,18,20-21,23,25-27,29,31-38H2,1-2H3,(H2,44,45,46)/b12-10+,19-17+,24-22+,30-28+/t39-/m1/s1. The predicted octanol–water partition coefficient (Wildman–Crippen LogP) is 12.0. The number of phosphoric acid groups is 1. The van der Waals surface area contributed by atoms with Crippen molar-refractivity contribution in [3.05, 3.63) is 48.6 Å². The number of unbranched alkanes of at least 4 members (excludes halogenated alkanes) is 18. The Kier molecular flexibility index (Phi) is 35.3. The fourth-order valence-corrected chi connectivity index (χ4v) is 5.67. The molecule has 1 atom stereocenters. The van der Waals surface area contributed by atoms with Crippen LogP contribution < -0.4 is 0 Å². The topological polar surface area (TPSA) is 119 Å². The van der Waals surface area contributed by atoms with Gasteiger partial charge in [0.2, 0.25) is 0 Å². The van der Waals surface area contributed by atoms with E-state index < -0.39 is 32.5 Å². The Hall–Kier alpha value is -1.99. The second kappa shape index (κ2) is 36.8. The summed E-state index contributed by atoms with van der Waals surface area (Å²) < 4.78 is 26.3. The summed E-state index contributed by atoms with van der Waals surface area (Å²) in [6.07, 6.45) is 44.1. The summed E-state index contributed by atoms with van der Waals surface area (Å²) in [4.78, 5) is 42.7. The van der Waals surface area contributed by atoms with Crippen molar-refractivity contribution in [2.75, 3.05) is 13.2 Å². The van der Waals surface area contributed by atoms with Gasteiger partial charge in [0.1, 0.15) is 6.61 Å². The van der Waals surface area contributed by atoms with Crippen LogP contribution in [0, 0.1) is 0 Å². The monoisotopic (exact) mass is 725 g/mol. The van der Waals surface area contributed by atoms with E-state index in [-0.39, 0.29) is 19.4 Å². The van der Waals surface area contributed by atoms with Crippen molar-refractivity contribution in [1.29, 1.82) is 0 Å². The van der Waals surface area contributed by atoms with Crippen LogP contribution in [0.25, 0.3) is 0 Å². The summed E-state index contributed by atoms with van der Waals surface area (Å²) in [5.41, 5.74) is 0. The highest BCUT2D eigenvalue weighted by atomic mass is 31.2. The van der Waals surface area contributed by atoms with Crippen LogP contribution >= 0.6 is 7.82 Å². The lowest BCUT2D eigenvalue weighted by atomic mass is 10.1. The third-order valence-electron chi connectivity index (χ3n) is 8.32. The van der Waals surface area contributed by atoms with E-state index in [0.29, 0.717) is 19.3 Å². The van der Waals surface area contributed by atoms with E-state index in [0.717, 1.165) is 38.5 Å². The van der Waals surface area contributed by atoms with E-state index in [1.807, 2.05) is 6.08 Å². The number of hydrogen-bond acceptors (Lipinski definition) is 6. The van der Waals surface area contributed by atoms with E-state index in [1.54, 1.807) is 0 Å². The number of phosphoric ester groups is 1. The molecule has 0 aliphatic carbocycles. The van der Waals surface area contributed by atoms with Gasteiger partial charge in [0.25, 0.3) is 0 Å². The van der Waals surface area contributed by atoms with Gasteiger partial charge in [-0.05, 0) is 64.2 Å². The van der Waals surface area contributed by atoms with E-state index in [2.05, 4.69) is 60.9 Å². The minimum atomic E-state index is -4.77. The molecule has 2 N–H and O–H groups in total. The van der Waals surface area contributed by atoms with Gasteiger partial charge >= 0.3 is 19.8 Å². The minimum Gasteiger partial charge on any atom is -0.462 e. The maximum Gasteiger partial charge on any atom is 0.469 e. The molecular formula is C41H73O8P. The van der Waals surface area contributed by atoms with Crippen molar-refractivity contribution >= 4 is 19.8 Å². The largest absolute Gasteiger partial charge is 0.469 e. The lowest BCUT2D eigenvalue weighted by Gasteiger charge is -2.18. The van der Waals surface area contributed by atoms with Crippen LogP contribution in [0.1, 0.15) is 181 Å². The van der Waals surface area contributed by atoms with Crippen molar-refractivity contribution in [3.63, 3.8) is 0 Å². The molecule has 0 unspecified atom stereocenters. The Balaban J connectivity index is 4.03. The molecule has 0 bridgehead atoms. The molecule has 0 saturated carbocycles. The first-order valence-electron chi connectivity index (χ1n) is 19.9. The molecule has 8 nitrogen and oxygen atoms in total. The molecule has 0 aromatic carbocycles. The van der Waals surface area contributed by atoms with Gasteiger partial charge in [0, 0.05) is 12.8 Å². The highest BCUT2D eigenvalue weighted by Crippen LogP contribution is 2.36. The van der Waals surface area contributed by atoms with Gasteiger partial charge in [-0.2, -0.15) is 0 Å². The average Bonchev–Trinajstić information content (AvgIpc) is 3.08. The van der Waals surface area contributed by atoms with Gasteiger partial charge in [-0.3, -0.25) is 14.1 Å². The molecule has 0 rings (SSSR count). The van der Waals surface area contributed by atoms with Crippen molar-refractivity contribution in [2.45, 2.75) is 187 Å². The first-order chi connectivity index (χ1) is 24.3. The second-order valence-electron chi connectivity index (χ2n) is 13.2. The summed E-state index contributed by atoms with van der Waals surface area (Å²) in [6.45, 7) is 3.60. The molecule has 0 radical (unpaired) electrons. The molecule has 0 aliphatic rings. The number of esters is 2. The zero-order valence-corrected chi connectivity index (χ0v) is 32.7. The first-order valence-corrected chi connectivity index (χ1v) is 21.5. The van der Waals surface area contributed by atoms with Crippen molar-refractivity contribution in [2.24, 2.45) is 0 Å². The molecule has 290 valence electrons. The molecule has 0 fully saturated rings. The normalized spacial score (nSPS) is 13.0. The fraction of sp³-hybridized carbons (Fsp3) is 0.756. The number of allylic oxidation sites excluding steroid dienone is 8. The number of hydrogen-bond donors (Lipinski definition) is 2. The SMILES string of the molecule is CCCC/C=C/CCCCCCCCCCCC(=O)OC[C@H](COP(=O)(O)O)OC(=O)CCC/C=C/C/C=C/C/C=C/CCCCCCCC. The van der Waals surface area contributed by atoms with Crippen LogP contribution in [0.15, 0.2) is 48.6 Å². The Morgan fingerprint density at radius 1 is 0.520 bits per heavy atom. The van der Waals surface area contributed by atoms with Crippen molar-refractivity contribution in [3.8, 4) is 0 Å². The van der Waals surface area contributed by atoms with Crippen LogP contribution in [-0.4, -0.2) is 41.0 Å². The third-order valence-corrected chi connectivity index (χ3v) is 8.81. The maximum atomic E-state index is 12.4. The van der Waals surface area contributed by atoms with Crippen LogP contribution in [0.2, 0.25) is 0 Å². The number of rotatable bonds is 36. The van der Waals surface area contributed by atoms with Gasteiger partial charge in [0.05, 0.1) is 6.61 Å². The average molecular weight is 725 g/mol. The first kappa shape index (κ1) is 48.0. The van der Waals surface area contributed by atoms with Crippen LogP contribution in [0.5, 0.6) is 0 Å². The number of ether oxygens (including phenoxy) is 2. The lowest BCUT2D eigenvalue weighted by molar-refractivity contribution is -0.161. The third kappa shape index (κ3) is 38.8. The molecule has 0 amide bonds. The summed E-state index contributed by atoms with van der Waals surface area (Å²) in [5.74, 6) is -0.949. The molecular weight excluding hydrogens is 651 g/mol. The van der Waals surface area contributed by atoms with Gasteiger partial charge in [0.15, 0.2) is 6.10 Å². The summed E-state index contributed by atoms with van der Waals surface area (Å²) in [7, 11) is -4.77. The van der Waals surface area contributed by atoms with Crippen molar-refractivity contribution in [1.82, 2.24) is 0 Å². The molecule has 50 heavy (non-hydrogen) atoms. The van der Waals surface area contributed by atoms with Crippen LogP contribution in [0.3, 0.4) is 0 Å². The summed E-state index contributed by atoms with van der Waals surface area (Å²) in [5, 5.41) is 0. The fourth-order valence-electron chi connectivity index (χ4n) is 5.31. The lowest BCUT2D eigenvalue weighted by Crippen LogP contribution is -2.29. The van der Waals surface area contributed by atoms with Crippen molar-refractivity contribution < 1.29 is 37.9 Å². The summed E-state index contributed by atoms with van der Waals surface area (Å²) in [6, 6.07) is 0. The smallest absolute Gasteiger partial charge is 0.462 e. The molecule has 9 heteroatoms. The molecule has 0 saturated heterocycles. The number of carbonyl (C=O) groups excluding carboxylic acids is 2. The van der Waals surface area contributed by atoms with Crippen LogP contribution in [-0.2, 0) is 28.2 Å². The number of carbonyl (C=O) groups is 2. The minimum absolute atomic E-state index is 0.139. The van der Waals surface area contributed by atoms with Gasteiger partial charge in [-0.15, -0.1) is 0 Å². The molecule has 0 spiro atoms. The quantitative estimate of drug-likeness (QED) is 0.0284. The molecule has 0 heterocycles. The van der Waals surface area contributed by atoms with E-state index >= 15 is 0 Å². The second-order valence-corrected chi connectivity index (χ2v) is 14.5. The highest BCUT2D eigenvalue weighted by molar-refractivity contribution is 7.46.